The number of aliphatic hydroxyl groups is 2. The molecular formula is C29H32N2O7. The van der Waals surface area contributed by atoms with Gasteiger partial charge in [0.05, 0.1) is 26.0 Å². The summed E-state index contributed by atoms with van der Waals surface area (Å²) in [5.74, 6) is -0.141. The van der Waals surface area contributed by atoms with Gasteiger partial charge >= 0.3 is 6.09 Å². The maximum absolute atomic E-state index is 12.9. The van der Waals surface area contributed by atoms with Gasteiger partial charge in [-0.1, -0.05) is 24.3 Å². The molecule has 0 aliphatic rings. The van der Waals surface area contributed by atoms with Gasteiger partial charge < -0.3 is 19.7 Å². The molecule has 2 aromatic carbocycles. The van der Waals surface area contributed by atoms with Crippen LogP contribution in [0.25, 0.3) is 11.3 Å². The Kier molecular flexibility index (Phi) is 9.33. The first-order chi connectivity index (χ1) is 18.0. The van der Waals surface area contributed by atoms with Crippen LogP contribution in [0.15, 0.2) is 54.6 Å². The number of anilines is 1. The minimum atomic E-state index is -0.616. The zero-order valence-corrected chi connectivity index (χ0v) is 21.9. The molecule has 0 spiro atoms. The summed E-state index contributed by atoms with van der Waals surface area (Å²) in [6.07, 6.45) is -0.668. The lowest BCUT2D eigenvalue weighted by atomic mass is 9.99. The van der Waals surface area contributed by atoms with Crippen LogP contribution in [0, 0.1) is 0 Å². The highest BCUT2D eigenvalue weighted by Gasteiger charge is 2.18. The Balaban J connectivity index is 1.72. The average molecular weight is 521 g/mol. The SMILES string of the molecule is COc1cc(C(=O)CCC(=O)c2ccc(CO)c(CO)c2)nc(-c2ccc(NC(=O)OC(C)(C)C)cc2)c1. The van der Waals surface area contributed by atoms with Gasteiger partial charge in [0.1, 0.15) is 17.0 Å². The minimum Gasteiger partial charge on any atom is -0.497 e. The quantitative estimate of drug-likeness (QED) is 0.320. The Morgan fingerprint density at radius 3 is 2.13 bits per heavy atom. The number of rotatable bonds is 10. The van der Waals surface area contributed by atoms with Crippen molar-refractivity contribution < 1.29 is 34.1 Å². The number of carbonyl (C=O) groups is 3. The van der Waals surface area contributed by atoms with E-state index in [9.17, 15) is 24.6 Å². The fourth-order valence-corrected chi connectivity index (χ4v) is 3.66. The summed E-state index contributed by atoms with van der Waals surface area (Å²) in [7, 11) is 1.49. The molecule has 1 aromatic heterocycles. The van der Waals surface area contributed by atoms with Gasteiger partial charge in [-0.15, -0.1) is 0 Å². The number of nitrogens with zero attached hydrogens (tertiary/aromatic N) is 1. The molecule has 0 unspecified atom stereocenters. The summed E-state index contributed by atoms with van der Waals surface area (Å²) in [6.45, 7) is 4.80. The number of methoxy groups -OCH3 is 1. The van der Waals surface area contributed by atoms with Crippen LogP contribution in [0.3, 0.4) is 0 Å². The predicted octanol–water partition coefficient (Wildman–Crippen LogP) is 4.93. The normalized spacial score (nSPS) is 11.1. The molecule has 3 aromatic rings. The van der Waals surface area contributed by atoms with E-state index in [1.807, 2.05) is 0 Å². The zero-order chi connectivity index (χ0) is 27.9. The van der Waals surface area contributed by atoms with Crippen LogP contribution in [0.4, 0.5) is 10.5 Å². The number of benzene rings is 2. The molecule has 0 atom stereocenters. The topological polar surface area (TPSA) is 135 Å². The number of ketones is 2. The molecule has 0 aliphatic heterocycles. The van der Waals surface area contributed by atoms with E-state index in [0.717, 1.165) is 0 Å². The molecule has 0 saturated carbocycles. The van der Waals surface area contributed by atoms with Crippen molar-refractivity contribution in [3.8, 4) is 17.0 Å². The van der Waals surface area contributed by atoms with Crippen molar-refractivity contribution in [1.82, 2.24) is 4.98 Å². The monoisotopic (exact) mass is 520 g/mol. The average Bonchev–Trinajstić information content (AvgIpc) is 2.90. The number of carbonyl (C=O) groups excluding carboxylic acids is 3. The highest BCUT2D eigenvalue weighted by molar-refractivity contribution is 6.02. The minimum absolute atomic E-state index is 0.0402. The smallest absolute Gasteiger partial charge is 0.412 e. The first-order valence-electron chi connectivity index (χ1n) is 12.1. The highest BCUT2D eigenvalue weighted by atomic mass is 16.6. The fraction of sp³-hybridized carbons (Fsp3) is 0.310. The maximum Gasteiger partial charge on any atom is 0.412 e. The van der Waals surface area contributed by atoms with Crippen molar-refractivity contribution in [3.05, 3.63) is 77.0 Å². The summed E-state index contributed by atoms with van der Waals surface area (Å²) in [5, 5.41) is 21.5. The Morgan fingerprint density at radius 2 is 1.53 bits per heavy atom. The van der Waals surface area contributed by atoms with Crippen molar-refractivity contribution in [3.63, 3.8) is 0 Å². The fourth-order valence-electron chi connectivity index (χ4n) is 3.66. The molecule has 1 heterocycles. The number of Topliss-reactive ketones (excluding diaryl/α,β-unsaturated/α-hetero) is 2. The van der Waals surface area contributed by atoms with Crippen molar-refractivity contribution in [2.24, 2.45) is 0 Å². The third kappa shape index (κ3) is 7.71. The van der Waals surface area contributed by atoms with Gasteiger partial charge in [0.25, 0.3) is 0 Å². The summed E-state index contributed by atoms with van der Waals surface area (Å²) in [6, 6.07) is 14.8. The number of pyridine rings is 1. The van der Waals surface area contributed by atoms with Crippen LogP contribution >= 0.6 is 0 Å². The highest BCUT2D eigenvalue weighted by Crippen LogP contribution is 2.26. The molecule has 3 rings (SSSR count). The van der Waals surface area contributed by atoms with Crippen LogP contribution in [0.1, 0.15) is 65.6 Å². The number of hydrogen-bond donors (Lipinski definition) is 3. The number of ether oxygens (including phenoxy) is 2. The first-order valence-corrected chi connectivity index (χ1v) is 12.1. The zero-order valence-electron chi connectivity index (χ0n) is 21.9. The van der Waals surface area contributed by atoms with E-state index < -0.39 is 11.7 Å². The van der Waals surface area contributed by atoms with Crippen LogP contribution in [0.2, 0.25) is 0 Å². The van der Waals surface area contributed by atoms with Gasteiger partial charge in [-0.2, -0.15) is 0 Å². The molecule has 38 heavy (non-hydrogen) atoms. The van der Waals surface area contributed by atoms with Crippen molar-refractivity contribution in [1.29, 1.82) is 0 Å². The largest absolute Gasteiger partial charge is 0.497 e. The first kappa shape index (κ1) is 28.5. The molecule has 0 bridgehead atoms. The van der Waals surface area contributed by atoms with E-state index >= 15 is 0 Å². The van der Waals surface area contributed by atoms with Crippen LogP contribution in [0.5, 0.6) is 5.75 Å². The van der Waals surface area contributed by atoms with Gasteiger partial charge in [0.15, 0.2) is 11.6 Å². The summed E-state index contributed by atoms with van der Waals surface area (Å²) in [5.41, 5.74) is 2.65. The molecule has 9 nitrogen and oxygen atoms in total. The summed E-state index contributed by atoms with van der Waals surface area (Å²) in [4.78, 5) is 42.1. The van der Waals surface area contributed by atoms with E-state index in [1.165, 1.54) is 19.2 Å². The van der Waals surface area contributed by atoms with Gasteiger partial charge in [-0.3, -0.25) is 14.9 Å². The van der Waals surface area contributed by atoms with Gasteiger partial charge in [-0.05, 0) is 50.1 Å². The molecule has 0 aliphatic carbocycles. The number of aliphatic hydroxyl groups excluding tert-OH is 2. The van der Waals surface area contributed by atoms with Crippen molar-refractivity contribution >= 4 is 23.3 Å². The molecule has 3 N–H and O–H groups in total. The second-order valence-corrected chi connectivity index (χ2v) is 9.63. The van der Waals surface area contributed by atoms with E-state index in [2.05, 4.69) is 10.3 Å². The number of nitrogens with one attached hydrogen (secondary N) is 1. The molecule has 1 amide bonds. The summed E-state index contributed by atoms with van der Waals surface area (Å²) >= 11 is 0. The number of amides is 1. The molecule has 9 heteroatoms. The standard InChI is InChI=1S/C29H32N2O7/c1-29(2,3)38-28(36)30-22-9-7-18(8-10-22)24-14-23(37-4)15-25(31-24)27(35)12-11-26(34)19-5-6-20(16-32)21(13-19)17-33/h5-10,13-15,32-33H,11-12,16-17H2,1-4H3,(H,30,36). The van der Waals surface area contributed by atoms with Crippen LogP contribution in [-0.4, -0.2) is 45.6 Å². The molecule has 0 radical (unpaired) electrons. The summed E-state index contributed by atoms with van der Waals surface area (Å²) < 4.78 is 10.6. The lowest BCUT2D eigenvalue weighted by Gasteiger charge is -2.19. The number of hydrogen-bond acceptors (Lipinski definition) is 8. The van der Waals surface area contributed by atoms with E-state index in [-0.39, 0.29) is 43.3 Å². The lowest BCUT2D eigenvalue weighted by Crippen LogP contribution is -2.27. The third-order valence-electron chi connectivity index (χ3n) is 5.59. The Hall–Kier alpha value is -4.08. The van der Waals surface area contributed by atoms with Crippen LogP contribution < -0.4 is 10.1 Å². The van der Waals surface area contributed by atoms with E-state index in [4.69, 9.17) is 9.47 Å². The molecular weight excluding hydrogens is 488 g/mol. The van der Waals surface area contributed by atoms with Crippen molar-refractivity contribution in [2.75, 3.05) is 12.4 Å². The van der Waals surface area contributed by atoms with E-state index in [1.54, 1.807) is 63.2 Å². The Labute approximate surface area is 221 Å². The maximum atomic E-state index is 12.9. The lowest BCUT2D eigenvalue weighted by molar-refractivity contribution is 0.0635. The second-order valence-electron chi connectivity index (χ2n) is 9.63. The van der Waals surface area contributed by atoms with Gasteiger partial charge in [0, 0.05) is 41.8 Å². The molecule has 200 valence electrons. The molecule has 0 fully saturated rings. The Morgan fingerprint density at radius 1 is 0.868 bits per heavy atom. The van der Waals surface area contributed by atoms with E-state index in [0.29, 0.717) is 39.4 Å². The third-order valence-corrected chi connectivity index (χ3v) is 5.59. The van der Waals surface area contributed by atoms with Gasteiger partial charge in [-0.25, -0.2) is 9.78 Å². The van der Waals surface area contributed by atoms with Crippen LogP contribution in [-0.2, 0) is 18.0 Å². The molecule has 0 saturated heterocycles. The second kappa shape index (κ2) is 12.4. The van der Waals surface area contributed by atoms with Gasteiger partial charge in [0.2, 0.25) is 0 Å². The number of aromatic nitrogens is 1. The van der Waals surface area contributed by atoms with Crippen molar-refractivity contribution in [2.45, 2.75) is 52.4 Å². The Bertz CT molecular complexity index is 1310. The predicted molar refractivity (Wildman–Crippen MR) is 142 cm³/mol.